The highest BCUT2D eigenvalue weighted by Gasteiger charge is 2.30. The lowest BCUT2D eigenvalue weighted by atomic mass is 10.1. The third-order valence-corrected chi connectivity index (χ3v) is 5.47. The molecule has 1 aromatic heterocycles. The van der Waals surface area contributed by atoms with Gasteiger partial charge in [-0.25, -0.2) is 4.39 Å². The molecule has 2 heterocycles. The van der Waals surface area contributed by atoms with E-state index in [4.69, 9.17) is 4.42 Å². The highest BCUT2D eigenvalue weighted by atomic mass is 19.1. The Morgan fingerprint density at radius 2 is 2.07 bits per heavy atom. The zero-order chi connectivity index (χ0) is 19.9. The first-order valence-electron chi connectivity index (χ1n) is 10.5. The quantitative estimate of drug-likeness (QED) is 0.539. The Labute approximate surface area is 165 Å². The lowest BCUT2D eigenvalue weighted by molar-refractivity contribution is -0.124. The molecule has 0 bridgehead atoms. The third kappa shape index (κ3) is 5.11. The molecule has 154 valence electrons. The number of benzene rings is 1. The van der Waals surface area contributed by atoms with Crippen molar-refractivity contribution in [2.24, 2.45) is 0 Å². The van der Waals surface area contributed by atoms with Crippen LogP contribution in [0.1, 0.15) is 63.2 Å². The van der Waals surface area contributed by atoms with Crippen LogP contribution in [0.5, 0.6) is 0 Å². The Morgan fingerprint density at radius 3 is 2.82 bits per heavy atom. The van der Waals surface area contributed by atoms with Crippen molar-refractivity contribution in [1.29, 1.82) is 0 Å². The fourth-order valence-corrected chi connectivity index (χ4v) is 3.76. The molecular formula is C22H31FN2O3. The summed E-state index contributed by atoms with van der Waals surface area (Å²) in [6.07, 6.45) is 7.92. The number of nitrogens with one attached hydrogen (secondary N) is 2. The molecule has 1 fully saturated rings. The van der Waals surface area contributed by atoms with Gasteiger partial charge in [0, 0.05) is 18.5 Å². The maximum atomic E-state index is 14.8. The topological polar surface area (TPSA) is 74.5 Å². The summed E-state index contributed by atoms with van der Waals surface area (Å²) in [6, 6.07) is 4.57. The molecule has 0 radical (unpaired) electrons. The van der Waals surface area contributed by atoms with E-state index in [0.29, 0.717) is 29.5 Å². The zero-order valence-electron chi connectivity index (χ0n) is 16.6. The van der Waals surface area contributed by atoms with Crippen LogP contribution in [0.4, 0.5) is 4.39 Å². The van der Waals surface area contributed by atoms with E-state index in [9.17, 15) is 14.3 Å². The van der Waals surface area contributed by atoms with E-state index in [1.807, 2.05) is 0 Å². The van der Waals surface area contributed by atoms with Crippen molar-refractivity contribution in [3.8, 4) is 0 Å². The van der Waals surface area contributed by atoms with Crippen LogP contribution in [-0.2, 0) is 17.8 Å². The molecule has 2 atom stereocenters. The second kappa shape index (κ2) is 10.0. The standard InChI is InChI=1S/C22H31FN2O3/c1-2-3-4-5-6-7-8-16-13-17-19(28-16)10-9-15(20(17)23)14-25-22(27)21-18(26)11-12-24-21/h9-10,13,18,21,24,26H,2-8,11-12,14H2,1H3,(H,25,27)/t18-,21-/m0/s1. The molecule has 3 N–H and O–H groups in total. The Kier molecular flexibility index (Phi) is 7.45. The molecule has 1 aliphatic heterocycles. The summed E-state index contributed by atoms with van der Waals surface area (Å²) in [5.41, 5.74) is 0.960. The van der Waals surface area contributed by atoms with Crippen LogP contribution >= 0.6 is 0 Å². The highest BCUT2D eigenvalue weighted by molar-refractivity contribution is 5.83. The number of aliphatic hydroxyl groups is 1. The number of rotatable bonds is 10. The number of hydrogen-bond donors (Lipinski definition) is 3. The number of fused-ring (bicyclic) bond motifs is 1. The number of carbonyl (C=O) groups is 1. The fraction of sp³-hybridized carbons (Fsp3) is 0.591. The maximum absolute atomic E-state index is 14.8. The van der Waals surface area contributed by atoms with Crippen LogP contribution in [0.3, 0.4) is 0 Å². The lowest BCUT2D eigenvalue weighted by Gasteiger charge is -2.15. The second-order valence-electron chi connectivity index (χ2n) is 7.69. The number of aliphatic hydroxyl groups excluding tert-OH is 1. The molecule has 5 nitrogen and oxygen atoms in total. The monoisotopic (exact) mass is 390 g/mol. The molecule has 0 spiro atoms. The van der Waals surface area contributed by atoms with E-state index < -0.39 is 12.1 Å². The molecule has 1 saturated heterocycles. The number of furan rings is 1. The third-order valence-electron chi connectivity index (χ3n) is 5.47. The van der Waals surface area contributed by atoms with Gasteiger partial charge in [-0.05, 0) is 31.5 Å². The van der Waals surface area contributed by atoms with Gasteiger partial charge in [0.1, 0.15) is 23.2 Å². The Balaban J connectivity index is 1.56. The fourth-order valence-electron chi connectivity index (χ4n) is 3.76. The molecule has 1 aliphatic rings. The highest BCUT2D eigenvalue weighted by Crippen LogP contribution is 2.26. The Hall–Kier alpha value is -1.92. The average Bonchev–Trinajstić information content (AvgIpc) is 3.30. The van der Waals surface area contributed by atoms with Gasteiger partial charge < -0.3 is 20.2 Å². The van der Waals surface area contributed by atoms with Gasteiger partial charge in [0.05, 0.1) is 11.5 Å². The number of unbranched alkanes of at least 4 members (excludes halogenated alkanes) is 5. The predicted octanol–water partition coefficient (Wildman–Crippen LogP) is 3.81. The Morgan fingerprint density at radius 1 is 1.29 bits per heavy atom. The van der Waals surface area contributed by atoms with Crippen LogP contribution in [-0.4, -0.2) is 29.7 Å². The predicted molar refractivity (Wildman–Crippen MR) is 108 cm³/mol. The number of halogens is 1. The van der Waals surface area contributed by atoms with Crippen molar-refractivity contribution >= 4 is 16.9 Å². The van der Waals surface area contributed by atoms with Crippen molar-refractivity contribution < 1.29 is 18.7 Å². The number of amides is 1. The molecule has 1 aromatic carbocycles. The van der Waals surface area contributed by atoms with Crippen LogP contribution < -0.4 is 10.6 Å². The summed E-state index contributed by atoms with van der Waals surface area (Å²) in [4.78, 5) is 12.1. The smallest absolute Gasteiger partial charge is 0.240 e. The normalized spacial score (nSPS) is 19.4. The molecule has 3 rings (SSSR count). The molecule has 0 saturated carbocycles. The maximum Gasteiger partial charge on any atom is 0.240 e. The summed E-state index contributed by atoms with van der Waals surface area (Å²) in [6.45, 7) is 2.90. The SMILES string of the molecule is CCCCCCCCc1cc2c(F)c(CNC(=O)[C@H]3NCC[C@@H]3O)ccc2o1. The van der Waals surface area contributed by atoms with Crippen LogP contribution in [0.25, 0.3) is 11.0 Å². The van der Waals surface area contributed by atoms with Crippen molar-refractivity contribution in [1.82, 2.24) is 10.6 Å². The molecule has 6 heteroatoms. The van der Waals surface area contributed by atoms with E-state index in [1.165, 1.54) is 25.7 Å². The molecular weight excluding hydrogens is 359 g/mol. The first-order chi connectivity index (χ1) is 13.6. The van der Waals surface area contributed by atoms with Gasteiger partial charge in [-0.1, -0.05) is 45.1 Å². The molecule has 0 unspecified atom stereocenters. The number of aryl methyl sites for hydroxylation is 1. The number of hydrogen-bond acceptors (Lipinski definition) is 4. The summed E-state index contributed by atoms with van der Waals surface area (Å²) in [5, 5.41) is 15.9. The van der Waals surface area contributed by atoms with Crippen LogP contribution in [0.15, 0.2) is 22.6 Å². The summed E-state index contributed by atoms with van der Waals surface area (Å²) < 4.78 is 20.6. The minimum atomic E-state index is -0.689. The van der Waals surface area contributed by atoms with Gasteiger partial charge in [0.2, 0.25) is 5.91 Å². The average molecular weight is 390 g/mol. The van der Waals surface area contributed by atoms with Gasteiger partial charge in [0.15, 0.2) is 0 Å². The lowest BCUT2D eigenvalue weighted by Crippen LogP contribution is -2.45. The largest absolute Gasteiger partial charge is 0.461 e. The first kappa shape index (κ1) is 20.8. The zero-order valence-corrected chi connectivity index (χ0v) is 16.6. The van der Waals surface area contributed by atoms with E-state index >= 15 is 0 Å². The first-order valence-corrected chi connectivity index (χ1v) is 10.5. The van der Waals surface area contributed by atoms with Crippen molar-refractivity contribution in [2.75, 3.05) is 6.54 Å². The molecule has 0 aliphatic carbocycles. The van der Waals surface area contributed by atoms with E-state index in [2.05, 4.69) is 17.6 Å². The second-order valence-corrected chi connectivity index (χ2v) is 7.69. The minimum Gasteiger partial charge on any atom is -0.461 e. The van der Waals surface area contributed by atoms with Crippen LogP contribution in [0, 0.1) is 5.82 Å². The minimum absolute atomic E-state index is 0.0868. The van der Waals surface area contributed by atoms with Crippen molar-refractivity contribution in [3.05, 3.63) is 35.3 Å². The van der Waals surface area contributed by atoms with Gasteiger partial charge in [0.25, 0.3) is 0 Å². The van der Waals surface area contributed by atoms with Crippen LogP contribution in [0.2, 0.25) is 0 Å². The van der Waals surface area contributed by atoms with Crippen molar-refractivity contribution in [3.63, 3.8) is 0 Å². The van der Waals surface area contributed by atoms with Gasteiger partial charge in [-0.2, -0.15) is 0 Å². The van der Waals surface area contributed by atoms with E-state index in [0.717, 1.165) is 25.0 Å². The summed E-state index contributed by atoms with van der Waals surface area (Å²) in [5.74, 6) is 0.153. The number of carbonyl (C=O) groups excluding carboxylic acids is 1. The van der Waals surface area contributed by atoms with Gasteiger partial charge in [-0.15, -0.1) is 0 Å². The molecule has 2 aromatic rings. The summed E-state index contributed by atoms with van der Waals surface area (Å²) in [7, 11) is 0. The van der Waals surface area contributed by atoms with E-state index in [1.54, 1.807) is 18.2 Å². The van der Waals surface area contributed by atoms with Gasteiger partial charge >= 0.3 is 0 Å². The van der Waals surface area contributed by atoms with Crippen molar-refractivity contribution in [2.45, 2.75) is 77.0 Å². The molecule has 28 heavy (non-hydrogen) atoms. The van der Waals surface area contributed by atoms with E-state index in [-0.39, 0.29) is 18.3 Å². The summed E-state index contributed by atoms with van der Waals surface area (Å²) >= 11 is 0. The molecule has 1 amide bonds. The van der Waals surface area contributed by atoms with Gasteiger partial charge in [-0.3, -0.25) is 4.79 Å². The Bertz CT molecular complexity index is 789.